The Morgan fingerprint density at radius 3 is 2.20 bits per heavy atom. The highest BCUT2D eigenvalue weighted by atomic mass is 16.5. The number of aliphatic hydroxyl groups is 1. The normalized spacial score (nSPS) is 11.9. The molecule has 1 atom stereocenters. The molecule has 0 aliphatic rings. The van der Waals surface area contributed by atoms with Crippen LogP contribution >= 0.6 is 0 Å². The van der Waals surface area contributed by atoms with Gasteiger partial charge in [0.25, 0.3) is 0 Å². The second kappa shape index (κ2) is 6.82. The number of nitrogens with two attached hydrogens (primary N) is 1. The molecule has 4 nitrogen and oxygen atoms in total. The summed E-state index contributed by atoms with van der Waals surface area (Å²) in [6.07, 6.45) is -0.697. The molecular weight excluding hydrogens is 254 g/mol. The number of aliphatic hydroxyl groups excluding tert-OH is 1. The van der Waals surface area contributed by atoms with Crippen molar-refractivity contribution in [1.82, 2.24) is 0 Å². The zero-order chi connectivity index (χ0) is 14.4. The Morgan fingerprint density at radius 2 is 1.60 bits per heavy atom. The first-order valence-corrected chi connectivity index (χ1v) is 6.49. The Morgan fingerprint density at radius 1 is 1.00 bits per heavy atom. The molecule has 0 saturated heterocycles. The quantitative estimate of drug-likeness (QED) is 0.793. The van der Waals surface area contributed by atoms with Crippen molar-refractivity contribution >= 4 is 5.69 Å². The molecule has 2 aromatic rings. The summed E-state index contributed by atoms with van der Waals surface area (Å²) in [5.41, 5.74) is 7.40. The van der Waals surface area contributed by atoms with E-state index in [1.54, 1.807) is 24.3 Å². The molecule has 0 heterocycles. The Hall–Kier alpha value is -2.20. The molecule has 2 aromatic carbocycles. The number of rotatable bonds is 6. The molecular formula is C16H19NO3. The van der Waals surface area contributed by atoms with Crippen molar-refractivity contribution in [3.05, 3.63) is 54.1 Å². The SMILES string of the molecule is Cc1cccc(OCC(O)COc2cccc(N)c2)c1. The van der Waals surface area contributed by atoms with Crippen LogP contribution in [0, 0.1) is 6.92 Å². The molecule has 3 N–H and O–H groups in total. The molecule has 2 rings (SSSR count). The maximum atomic E-state index is 9.83. The average Bonchev–Trinajstić information content (AvgIpc) is 2.43. The summed E-state index contributed by atoms with van der Waals surface area (Å²) in [7, 11) is 0. The Balaban J connectivity index is 1.77. The molecule has 0 radical (unpaired) electrons. The van der Waals surface area contributed by atoms with Gasteiger partial charge < -0.3 is 20.3 Å². The summed E-state index contributed by atoms with van der Waals surface area (Å²) in [5, 5.41) is 9.83. The summed E-state index contributed by atoms with van der Waals surface area (Å²) in [5.74, 6) is 1.38. The van der Waals surface area contributed by atoms with Crippen LogP contribution in [-0.4, -0.2) is 24.4 Å². The number of hydrogen-bond donors (Lipinski definition) is 2. The molecule has 0 amide bonds. The van der Waals surface area contributed by atoms with Gasteiger partial charge in [0.2, 0.25) is 0 Å². The van der Waals surface area contributed by atoms with Crippen LogP contribution in [-0.2, 0) is 0 Å². The number of benzene rings is 2. The highest BCUT2D eigenvalue weighted by Crippen LogP contribution is 2.15. The first kappa shape index (κ1) is 14.2. The smallest absolute Gasteiger partial charge is 0.122 e. The summed E-state index contributed by atoms with van der Waals surface area (Å²) in [6.45, 7) is 2.34. The molecule has 0 bridgehead atoms. The molecule has 0 saturated carbocycles. The Bertz CT molecular complexity index is 507. The van der Waals surface area contributed by atoms with Crippen molar-refractivity contribution in [1.29, 1.82) is 0 Å². The second-order valence-electron chi connectivity index (χ2n) is 4.66. The lowest BCUT2D eigenvalue weighted by molar-refractivity contribution is 0.0626. The fourth-order valence-corrected chi connectivity index (χ4v) is 1.74. The van der Waals surface area contributed by atoms with Gasteiger partial charge in [-0.05, 0) is 36.8 Å². The highest BCUT2D eigenvalue weighted by molar-refractivity contribution is 5.43. The predicted molar refractivity (Wildman–Crippen MR) is 79.0 cm³/mol. The van der Waals surface area contributed by atoms with Gasteiger partial charge in [0.05, 0.1) is 0 Å². The number of ether oxygens (including phenoxy) is 2. The molecule has 0 spiro atoms. The molecule has 0 aromatic heterocycles. The third kappa shape index (κ3) is 4.48. The lowest BCUT2D eigenvalue weighted by Gasteiger charge is -2.14. The summed E-state index contributed by atoms with van der Waals surface area (Å²) >= 11 is 0. The number of nitrogen functional groups attached to an aromatic ring is 1. The van der Waals surface area contributed by atoms with Gasteiger partial charge in [-0.1, -0.05) is 18.2 Å². The van der Waals surface area contributed by atoms with Crippen molar-refractivity contribution in [3.63, 3.8) is 0 Å². The fraction of sp³-hybridized carbons (Fsp3) is 0.250. The number of aryl methyl sites for hydroxylation is 1. The van der Waals surface area contributed by atoms with E-state index in [0.29, 0.717) is 11.4 Å². The van der Waals surface area contributed by atoms with Gasteiger partial charge >= 0.3 is 0 Å². The van der Waals surface area contributed by atoms with Gasteiger partial charge in [-0.2, -0.15) is 0 Å². The van der Waals surface area contributed by atoms with Crippen LogP contribution in [0.25, 0.3) is 0 Å². The molecule has 0 aliphatic heterocycles. The third-order valence-corrected chi connectivity index (χ3v) is 2.73. The first-order chi connectivity index (χ1) is 9.63. The van der Waals surface area contributed by atoms with E-state index in [1.807, 2.05) is 31.2 Å². The van der Waals surface area contributed by atoms with E-state index in [0.717, 1.165) is 11.3 Å². The van der Waals surface area contributed by atoms with Crippen molar-refractivity contribution in [2.75, 3.05) is 18.9 Å². The van der Waals surface area contributed by atoms with Crippen LogP contribution in [0.4, 0.5) is 5.69 Å². The van der Waals surface area contributed by atoms with Crippen molar-refractivity contribution in [2.24, 2.45) is 0 Å². The standard InChI is InChI=1S/C16H19NO3/c1-12-4-2-6-15(8-12)19-10-14(18)11-20-16-7-3-5-13(17)9-16/h2-9,14,18H,10-11,17H2,1H3. The molecule has 0 aliphatic carbocycles. The Kier molecular flexibility index (Phi) is 4.85. The first-order valence-electron chi connectivity index (χ1n) is 6.49. The van der Waals surface area contributed by atoms with E-state index >= 15 is 0 Å². The van der Waals surface area contributed by atoms with E-state index < -0.39 is 6.10 Å². The van der Waals surface area contributed by atoms with E-state index in [-0.39, 0.29) is 13.2 Å². The van der Waals surface area contributed by atoms with Crippen molar-refractivity contribution < 1.29 is 14.6 Å². The largest absolute Gasteiger partial charge is 0.491 e. The van der Waals surface area contributed by atoms with Gasteiger partial charge in [-0.3, -0.25) is 0 Å². The van der Waals surface area contributed by atoms with Crippen molar-refractivity contribution in [2.45, 2.75) is 13.0 Å². The second-order valence-corrected chi connectivity index (χ2v) is 4.66. The van der Waals surface area contributed by atoms with Crippen molar-refractivity contribution in [3.8, 4) is 11.5 Å². The monoisotopic (exact) mass is 273 g/mol. The zero-order valence-corrected chi connectivity index (χ0v) is 11.5. The zero-order valence-electron chi connectivity index (χ0n) is 11.5. The number of anilines is 1. The van der Waals surface area contributed by atoms with Crippen LogP contribution < -0.4 is 15.2 Å². The summed E-state index contributed by atoms with van der Waals surface area (Å²) in [6, 6.07) is 14.8. The lowest BCUT2D eigenvalue weighted by Crippen LogP contribution is -2.25. The molecule has 4 heteroatoms. The minimum atomic E-state index is -0.697. The van der Waals surface area contributed by atoms with Crippen LogP contribution in [0.3, 0.4) is 0 Å². The van der Waals surface area contributed by atoms with Crippen LogP contribution in [0.2, 0.25) is 0 Å². The molecule has 0 fully saturated rings. The summed E-state index contributed by atoms with van der Waals surface area (Å²) in [4.78, 5) is 0. The molecule has 106 valence electrons. The maximum Gasteiger partial charge on any atom is 0.122 e. The minimum Gasteiger partial charge on any atom is -0.491 e. The summed E-state index contributed by atoms with van der Waals surface area (Å²) < 4.78 is 11.0. The Labute approximate surface area is 118 Å². The van der Waals surface area contributed by atoms with Gasteiger partial charge in [-0.15, -0.1) is 0 Å². The van der Waals surface area contributed by atoms with E-state index in [4.69, 9.17) is 15.2 Å². The number of hydrogen-bond acceptors (Lipinski definition) is 4. The highest BCUT2D eigenvalue weighted by Gasteiger charge is 2.07. The third-order valence-electron chi connectivity index (χ3n) is 2.73. The van der Waals surface area contributed by atoms with Gasteiger partial charge in [0.1, 0.15) is 30.8 Å². The molecule has 1 unspecified atom stereocenters. The van der Waals surface area contributed by atoms with Gasteiger partial charge in [0.15, 0.2) is 0 Å². The van der Waals surface area contributed by atoms with E-state index in [2.05, 4.69) is 0 Å². The average molecular weight is 273 g/mol. The van der Waals surface area contributed by atoms with Gasteiger partial charge in [0, 0.05) is 11.8 Å². The maximum absolute atomic E-state index is 9.83. The van der Waals surface area contributed by atoms with Crippen LogP contribution in [0.15, 0.2) is 48.5 Å². The van der Waals surface area contributed by atoms with Gasteiger partial charge in [-0.25, -0.2) is 0 Å². The van der Waals surface area contributed by atoms with Crippen LogP contribution in [0.1, 0.15) is 5.56 Å². The fourth-order valence-electron chi connectivity index (χ4n) is 1.74. The minimum absolute atomic E-state index is 0.162. The topological polar surface area (TPSA) is 64.7 Å². The molecule has 20 heavy (non-hydrogen) atoms. The predicted octanol–water partition coefficient (Wildman–Crippen LogP) is 2.40. The van der Waals surface area contributed by atoms with E-state index in [9.17, 15) is 5.11 Å². The lowest BCUT2D eigenvalue weighted by atomic mass is 10.2. The van der Waals surface area contributed by atoms with Crippen LogP contribution in [0.5, 0.6) is 11.5 Å². The van der Waals surface area contributed by atoms with E-state index in [1.165, 1.54) is 0 Å².